The minimum Gasteiger partial charge on any atom is -0.478 e. The van der Waals surface area contributed by atoms with Gasteiger partial charge >= 0.3 is 5.97 Å². The largest absolute Gasteiger partial charge is 0.478 e. The summed E-state index contributed by atoms with van der Waals surface area (Å²) in [5.41, 5.74) is 0.633. The van der Waals surface area contributed by atoms with Crippen LogP contribution in [0, 0.1) is 0 Å². The Morgan fingerprint density at radius 2 is 1.95 bits per heavy atom. The van der Waals surface area contributed by atoms with Crippen molar-refractivity contribution in [3.8, 4) is 0 Å². The normalized spacial score (nSPS) is 23.7. The summed E-state index contributed by atoms with van der Waals surface area (Å²) in [6, 6.07) is 2.42. The number of carbonyl (C=O) groups excluding carboxylic acids is 1. The molecule has 0 bridgehead atoms. The average molecular weight is 308 g/mol. The summed E-state index contributed by atoms with van der Waals surface area (Å²) in [6.45, 7) is 5.67. The molecule has 1 aromatic rings. The quantitative estimate of drug-likeness (QED) is 0.868. The van der Waals surface area contributed by atoms with E-state index < -0.39 is 5.97 Å². The van der Waals surface area contributed by atoms with E-state index in [-0.39, 0.29) is 5.91 Å². The van der Waals surface area contributed by atoms with E-state index in [0.717, 1.165) is 24.0 Å². The van der Waals surface area contributed by atoms with E-state index in [9.17, 15) is 9.59 Å². The smallest absolute Gasteiger partial charge is 0.328 e. The molecule has 1 aromatic heterocycles. The van der Waals surface area contributed by atoms with Gasteiger partial charge in [-0.3, -0.25) is 9.69 Å². The summed E-state index contributed by atoms with van der Waals surface area (Å²) in [5, 5.41) is 10.4. The molecule has 2 atom stereocenters. The van der Waals surface area contributed by atoms with Gasteiger partial charge in [-0.05, 0) is 33.0 Å². The fourth-order valence-corrected chi connectivity index (χ4v) is 3.23. The van der Waals surface area contributed by atoms with Crippen LogP contribution in [0.2, 0.25) is 0 Å². The summed E-state index contributed by atoms with van der Waals surface area (Å²) >= 11 is 1.38. The van der Waals surface area contributed by atoms with Gasteiger partial charge in [0, 0.05) is 41.5 Å². The molecule has 1 saturated heterocycles. The van der Waals surface area contributed by atoms with E-state index in [2.05, 4.69) is 25.8 Å². The second-order valence-electron chi connectivity index (χ2n) is 5.48. The van der Waals surface area contributed by atoms with Gasteiger partial charge in [-0.2, -0.15) is 0 Å². The highest BCUT2D eigenvalue weighted by molar-refractivity contribution is 7.11. The number of carbonyl (C=O) groups is 2. The molecule has 2 unspecified atom stereocenters. The lowest BCUT2D eigenvalue weighted by molar-refractivity contribution is -0.131. The van der Waals surface area contributed by atoms with E-state index in [1.807, 2.05) is 4.90 Å². The first-order valence-corrected chi connectivity index (χ1v) is 7.77. The molecule has 1 N–H and O–H groups in total. The third kappa shape index (κ3) is 3.71. The van der Waals surface area contributed by atoms with E-state index in [1.165, 1.54) is 17.4 Å². The maximum Gasteiger partial charge on any atom is 0.328 e. The molecule has 5 nitrogen and oxygen atoms in total. The van der Waals surface area contributed by atoms with Gasteiger partial charge in [-0.25, -0.2) is 4.79 Å². The molecule has 0 saturated carbocycles. The van der Waals surface area contributed by atoms with E-state index in [0.29, 0.717) is 17.6 Å². The lowest BCUT2D eigenvalue weighted by Gasteiger charge is -2.42. The van der Waals surface area contributed by atoms with E-state index in [1.54, 1.807) is 11.4 Å². The number of nitrogens with zero attached hydrogens (tertiary/aromatic N) is 2. The van der Waals surface area contributed by atoms with Crippen LogP contribution in [0.1, 0.15) is 29.1 Å². The van der Waals surface area contributed by atoms with Gasteiger partial charge in [0.15, 0.2) is 0 Å². The highest BCUT2D eigenvalue weighted by Crippen LogP contribution is 2.21. The molecular formula is C15H20N2O3S. The van der Waals surface area contributed by atoms with Crippen molar-refractivity contribution >= 4 is 29.3 Å². The van der Waals surface area contributed by atoms with Gasteiger partial charge in [-0.15, -0.1) is 11.3 Å². The van der Waals surface area contributed by atoms with Crippen LogP contribution in [-0.4, -0.2) is 59.0 Å². The van der Waals surface area contributed by atoms with Crippen molar-refractivity contribution in [1.29, 1.82) is 0 Å². The topological polar surface area (TPSA) is 60.9 Å². The number of rotatable bonds is 3. The number of thiophene rings is 1. The Kier molecular flexibility index (Phi) is 4.80. The zero-order valence-electron chi connectivity index (χ0n) is 12.4. The Bertz CT molecular complexity index is 555. The lowest BCUT2D eigenvalue weighted by Crippen LogP contribution is -2.56. The van der Waals surface area contributed by atoms with Gasteiger partial charge in [-0.1, -0.05) is 0 Å². The molecule has 1 aliphatic rings. The van der Waals surface area contributed by atoms with Crippen LogP contribution in [0.4, 0.5) is 0 Å². The zero-order valence-corrected chi connectivity index (χ0v) is 13.3. The number of carboxylic acid groups (broad SMARTS) is 1. The fourth-order valence-electron chi connectivity index (χ4n) is 2.46. The Labute approximate surface area is 128 Å². The number of likely N-dealkylation sites (N-methyl/N-ethyl adjacent to an activating group) is 1. The molecule has 1 aliphatic heterocycles. The van der Waals surface area contributed by atoms with Crippen LogP contribution in [0.15, 0.2) is 17.5 Å². The maximum atomic E-state index is 12.5. The number of hydrogen-bond donors (Lipinski definition) is 1. The predicted octanol–water partition coefficient (Wildman–Crippen LogP) is 2.01. The summed E-state index contributed by atoms with van der Waals surface area (Å²) in [6.07, 6.45) is 2.60. The lowest BCUT2D eigenvalue weighted by atomic mass is 10.1. The molecule has 114 valence electrons. The molecule has 1 amide bonds. The van der Waals surface area contributed by atoms with Crippen molar-refractivity contribution < 1.29 is 14.7 Å². The van der Waals surface area contributed by atoms with Crippen molar-refractivity contribution in [3.63, 3.8) is 0 Å². The summed E-state index contributed by atoms with van der Waals surface area (Å²) in [5.74, 6) is -0.967. The number of piperazine rings is 1. The van der Waals surface area contributed by atoms with Crippen LogP contribution in [0.25, 0.3) is 6.08 Å². The Balaban J connectivity index is 2.08. The van der Waals surface area contributed by atoms with Crippen molar-refractivity contribution in [2.24, 2.45) is 0 Å². The molecular weight excluding hydrogens is 288 g/mol. The molecule has 0 aromatic carbocycles. The minimum absolute atomic E-state index is 0.0213. The molecule has 1 fully saturated rings. The Morgan fingerprint density at radius 1 is 1.33 bits per heavy atom. The van der Waals surface area contributed by atoms with Crippen molar-refractivity contribution in [2.75, 3.05) is 20.1 Å². The number of carboxylic acids is 1. The fraction of sp³-hybridized carbons (Fsp3) is 0.467. The van der Waals surface area contributed by atoms with Crippen molar-refractivity contribution in [3.05, 3.63) is 28.0 Å². The SMILES string of the molecule is CC1CN(C(=O)c2csc(/C=C/C(=O)O)c2)CC(C)N1C. The van der Waals surface area contributed by atoms with Crippen LogP contribution in [0.5, 0.6) is 0 Å². The second kappa shape index (κ2) is 6.41. The minimum atomic E-state index is -0.988. The first kappa shape index (κ1) is 15.7. The summed E-state index contributed by atoms with van der Waals surface area (Å²) in [4.78, 5) is 28.0. The standard InChI is InChI=1S/C15H20N2O3S/c1-10-7-17(8-11(2)16(10)3)15(20)12-6-13(21-9-12)4-5-14(18)19/h4-6,9-11H,7-8H2,1-3H3,(H,18,19)/b5-4+. The van der Waals surface area contributed by atoms with Gasteiger partial charge < -0.3 is 10.0 Å². The van der Waals surface area contributed by atoms with Gasteiger partial charge in [0.1, 0.15) is 0 Å². The van der Waals surface area contributed by atoms with Crippen LogP contribution in [-0.2, 0) is 4.79 Å². The highest BCUT2D eigenvalue weighted by Gasteiger charge is 2.29. The zero-order chi connectivity index (χ0) is 15.6. The summed E-state index contributed by atoms with van der Waals surface area (Å²) in [7, 11) is 2.08. The molecule has 0 radical (unpaired) electrons. The second-order valence-corrected chi connectivity index (χ2v) is 6.43. The van der Waals surface area contributed by atoms with Crippen molar-refractivity contribution in [1.82, 2.24) is 9.80 Å². The van der Waals surface area contributed by atoms with Gasteiger partial charge in [0.05, 0.1) is 5.56 Å². The molecule has 6 heteroatoms. The molecule has 2 rings (SSSR count). The number of hydrogen-bond acceptors (Lipinski definition) is 4. The first-order valence-electron chi connectivity index (χ1n) is 6.89. The first-order chi connectivity index (χ1) is 9.88. The molecule has 0 spiro atoms. The number of aliphatic carboxylic acids is 1. The van der Waals surface area contributed by atoms with Gasteiger partial charge in [0.2, 0.25) is 0 Å². The third-order valence-electron chi connectivity index (χ3n) is 3.90. The highest BCUT2D eigenvalue weighted by atomic mass is 32.1. The van der Waals surface area contributed by atoms with E-state index >= 15 is 0 Å². The third-order valence-corrected chi connectivity index (χ3v) is 4.80. The summed E-state index contributed by atoms with van der Waals surface area (Å²) < 4.78 is 0. The van der Waals surface area contributed by atoms with Crippen LogP contribution in [0.3, 0.4) is 0 Å². The number of amides is 1. The van der Waals surface area contributed by atoms with Crippen LogP contribution >= 0.6 is 11.3 Å². The Hall–Kier alpha value is -1.66. The van der Waals surface area contributed by atoms with E-state index in [4.69, 9.17) is 5.11 Å². The average Bonchev–Trinajstić information content (AvgIpc) is 2.90. The van der Waals surface area contributed by atoms with Gasteiger partial charge in [0.25, 0.3) is 5.91 Å². The monoisotopic (exact) mass is 308 g/mol. The molecule has 21 heavy (non-hydrogen) atoms. The van der Waals surface area contributed by atoms with Crippen LogP contribution < -0.4 is 0 Å². The predicted molar refractivity (Wildman–Crippen MR) is 83.6 cm³/mol. The molecule has 2 heterocycles. The Morgan fingerprint density at radius 3 is 2.52 bits per heavy atom. The maximum absolute atomic E-state index is 12.5. The molecule has 0 aliphatic carbocycles. The van der Waals surface area contributed by atoms with Crippen molar-refractivity contribution in [2.45, 2.75) is 25.9 Å².